The Balaban J connectivity index is 1.50. The molecule has 28 heavy (non-hydrogen) atoms. The average Bonchev–Trinajstić information content (AvgIpc) is 3.21. The summed E-state index contributed by atoms with van der Waals surface area (Å²) < 4.78 is 7.90. The number of carbonyl (C=O) groups excluding carboxylic acids is 1. The Morgan fingerprint density at radius 3 is 3.07 bits per heavy atom. The molecule has 0 N–H and O–H groups in total. The normalized spacial score (nSPS) is 21.4. The van der Waals surface area contributed by atoms with Crippen molar-refractivity contribution in [1.82, 2.24) is 24.9 Å². The van der Waals surface area contributed by atoms with Crippen LogP contribution < -0.4 is 0 Å². The lowest BCUT2D eigenvalue weighted by molar-refractivity contribution is -0.0604. The van der Waals surface area contributed by atoms with E-state index in [0.717, 1.165) is 40.7 Å². The maximum Gasteiger partial charge on any atom is 0.254 e. The number of hydrogen-bond donors (Lipinski definition) is 0. The van der Waals surface area contributed by atoms with Crippen molar-refractivity contribution >= 4 is 16.8 Å². The van der Waals surface area contributed by atoms with Crippen LogP contribution >= 0.6 is 0 Å². The largest absolute Gasteiger partial charge is 0.370 e. The topological polar surface area (TPSA) is 73.1 Å². The number of rotatable bonds is 2. The molecule has 2 aliphatic heterocycles. The highest BCUT2D eigenvalue weighted by Gasteiger charge is 2.38. The van der Waals surface area contributed by atoms with Crippen LogP contribution in [0.3, 0.4) is 0 Å². The first-order valence-corrected chi connectivity index (χ1v) is 9.84. The van der Waals surface area contributed by atoms with Crippen LogP contribution in [0.5, 0.6) is 0 Å². The minimum atomic E-state index is 0.0179. The molecule has 0 unspecified atom stereocenters. The summed E-state index contributed by atoms with van der Waals surface area (Å²) in [5.41, 5.74) is 4.63. The minimum absolute atomic E-state index is 0.0179. The molecule has 1 aromatic carbocycles. The number of carbonyl (C=O) groups is 1. The molecule has 0 radical (unpaired) electrons. The van der Waals surface area contributed by atoms with Crippen molar-refractivity contribution in [2.75, 3.05) is 13.1 Å². The molecule has 7 nitrogen and oxygen atoms in total. The van der Waals surface area contributed by atoms with Gasteiger partial charge in [0.05, 0.1) is 41.7 Å². The summed E-state index contributed by atoms with van der Waals surface area (Å²) in [6.45, 7) is 5.85. The molecule has 0 spiro atoms. The number of hydrogen-bond acceptors (Lipinski definition) is 5. The molecule has 144 valence electrons. The molecule has 1 fully saturated rings. The molecule has 7 heteroatoms. The number of benzene rings is 1. The van der Waals surface area contributed by atoms with Gasteiger partial charge < -0.3 is 9.64 Å². The lowest BCUT2D eigenvalue weighted by Crippen LogP contribution is -2.50. The zero-order chi connectivity index (χ0) is 19.3. The summed E-state index contributed by atoms with van der Waals surface area (Å²) >= 11 is 0. The molecule has 0 saturated carbocycles. The molecular formula is C21H23N5O2. The highest BCUT2D eigenvalue weighted by Crippen LogP contribution is 2.31. The second-order valence-electron chi connectivity index (χ2n) is 7.64. The van der Waals surface area contributed by atoms with Crippen molar-refractivity contribution in [3.8, 4) is 0 Å². The fraction of sp³-hybridized carbons (Fsp3) is 0.429. The summed E-state index contributed by atoms with van der Waals surface area (Å²) in [5.74, 6) is 0.0504. The van der Waals surface area contributed by atoms with Gasteiger partial charge in [-0.2, -0.15) is 0 Å². The molecule has 1 saturated heterocycles. The summed E-state index contributed by atoms with van der Waals surface area (Å²) in [5, 5.41) is 9.18. The quantitative estimate of drug-likeness (QED) is 0.687. The smallest absolute Gasteiger partial charge is 0.254 e. The number of amides is 1. The molecule has 5 rings (SSSR count). The van der Waals surface area contributed by atoms with Crippen molar-refractivity contribution in [3.05, 3.63) is 53.0 Å². The van der Waals surface area contributed by atoms with Crippen LogP contribution in [0.25, 0.3) is 10.9 Å². The van der Waals surface area contributed by atoms with Gasteiger partial charge >= 0.3 is 0 Å². The third kappa shape index (κ3) is 2.77. The second-order valence-corrected chi connectivity index (χ2v) is 7.64. The van der Waals surface area contributed by atoms with Crippen LogP contribution in [-0.4, -0.2) is 50.0 Å². The first kappa shape index (κ1) is 17.3. The van der Waals surface area contributed by atoms with Gasteiger partial charge in [0, 0.05) is 24.2 Å². The Hall–Kier alpha value is -2.80. The van der Waals surface area contributed by atoms with E-state index in [1.165, 1.54) is 5.56 Å². The van der Waals surface area contributed by atoms with Gasteiger partial charge in [0.15, 0.2) is 0 Å². The molecule has 2 aliphatic rings. The van der Waals surface area contributed by atoms with Gasteiger partial charge in [-0.3, -0.25) is 9.78 Å². The average molecular weight is 377 g/mol. The lowest BCUT2D eigenvalue weighted by Gasteiger charge is -2.41. The predicted octanol–water partition coefficient (Wildman–Crippen LogP) is 2.68. The van der Waals surface area contributed by atoms with E-state index < -0.39 is 0 Å². The molecular weight excluding hydrogens is 354 g/mol. The fourth-order valence-corrected chi connectivity index (χ4v) is 4.34. The third-order valence-corrected chi connectivity index (χ3v) is 5.86. The number of pyridine rings is 1. The van der Waals surface area contributed by atoms with E-state index in [2.05, 4.69) is 34.4 Å². The lowest BCUT2D eigenvalue weighted by atomic mass is 9.98. The number of likely N-dealkylation sites (tertiary alicyclic amines) is 1. The zero-order valence-corrected chi connectivity index (χ0v) is 16.1. The highest BCUT2D eigenvalue weighted by atomic mass is 16.5. The number of ether oxygens (including phenoxy) is 1. The molecule has 4 heterocycles. The molecule has 0 aliphatic carbocycles. The Morgan fingerprint density at radius 1 is 1.32 bits per heavy atom. The predicted molar refractivity (Wildman–Crippen MR) is 104 cm³/mol. The summed E-state index contributed by atoms with van der Waals surface area (Å²) in [4.78, 5) is 20.0. The van der Waals surface area contributed by atoms with E-state index in [9.17, 15) is 4.79 Å². The van der Waals surface area contributed by atoms with Crippen molar-refractivity contribution in [1.29, 1.82) is 0 Å². The van der Waals surface area contributed by atoms with E-state index in [-0.39, 0.29) is 18.1 Å². The van der Waals surface area contributed by atoms with Gasteiger partial charge in [-0.05, 0) is 43.5 Å². The van der Waals surface area contributed by atoms with Crippen molar-refractivity contribution < 1.29 is 9.53 Å². The van der Waals surface area contributed by atoms with E-state index in [1.54, 1.807) is 6.20 Å². The Kier molecular flexibility index (Phi) is 4.12. The number of fused-ring (bicyclic) bond motifs is 4. The number of aromatic nitrogens is 4. The van der Waals surface area contributed by atoms with Crippen LogP contribution in [0, 0.1) is 6.92 Å². The van der Waals surface area contributed by atoms with Crippen LogP contribution in [-0.2, 0) is 17.8 Å². The highest BCUT2D eigenvalue weighted by molar-refractivity contribution is 6.06. The molecule has 2 aromatic heterocycles. The van der Waals surface area contributed by atoms with Crippen LogP contribution in [0.1, 0.15) is 46.7 Å². The van der Waals surface area contributed by atoms with Crippen LogP contribution in [0.4, 0.5) is 0 Å². The van der Waals surface area contributed by atoms with Gasteiger partial charge in [0.25, 0.3) is 5.91 Å². The van der Waals surface area contributed by atoms with Gasteiger partial charge in [-0.25, -0.2) is 4.68 Å². The Morgan fingerprint density at radius 2 is 2.21 bits per heavy atom. The summed E-state index contributed by atoms with van der Waals surface area (Å²) in [6, 6.07) is 8.13. The Bertz CT molecular complexity index is 1060. The Labute approximate surface area is 163 Å². The van der Waals surface area contributed by atoms with Gasteiger partial charge in [-0.1, -0.05) is 18.2 Å². The van der Waals surface area contributed by atoms with Crippen LogP contribution in [0.15, 0.2) is 30.5 Å². The minimum Gasteiger partial charge on any atom is -0.370 e. The maximum atomic E-state index is 13.5. The number of piperidine rings is 1. The number of aryl methyl sites for hydroxylation is 2. The van der Waals surface area contributed by atoms with Crippen molar-refractivity contribution in [2.45, 2.75) is 45.4 Å². The third-order valence-electron chi connectivity index (χ3n) is 5.86. The monoisotopic (exact) mass is 377 g/mol. The summed E-state index contributed by atoms with van der Waals surface area (Å²) in [6.07, 6.45) is 3.55. The standard InChI is InChI=1S/C21H23N5O2/c1-3-14-4-5-18-16(9-14)17(8-13(2)23-18)21(27)25-7-6-20-19(11-25)26-15(12-28-20)10-22-24-26/h4-5,8-10,19-20H,3,6-7,11-12H2,1-2H3/t19-,20+/m0/s1. The second kappa shape index (κ2) is 6.67. The van der Waals surface area contributed by atoms with E-state index in [1.807, 2.05) is 28.6 Å². The summed E-state index contributed by atoms with van der Waals surface area (Å²) in [7, 11) is 0. The zero-order valence-electron chi connectivity index (χ0n) is 16.1. The van der Waals surface area contributed by atoms with Crippen molar-refractivity contribution in [3.63, 3.8) is 0 Å². The van der Waals surface area contributed by atoms with Gasteiger partial charge in [0.1, 0.15) is 0 Å². The first-order chi connectivity index (χ1) is 13.6. The van der Waals surface area contributed by atoms with Crippen molar-refractivity contribution in [2.24, 2.45) is 0 Å². The number of nitrogens with zero attached hydrogens (tertiary/aromatic N) is 5. The molecule has 2 atom stereocenters. The van der Waals surface area contributed by atoms with E-state index in [4.69, 9.17) is 4.74 Å². The molecule has 3 aromatic rings. The van der Waals surface area contributed by atoms with E-state index in [0.29, 0.717) is 19.7 Å². The SMILES string of the molecule is CCc1ccc2nc(C)cc(C(=O)N3CC[C@H]4OCc5cnnn5[C@H]4C3)c2c1. The van der Waals surface area contributed by atoms with Crippen LogP contribution in [0.2, 0.25) is 0 Å². The first-order valence-electron chi connectivity index (χ1n) is 9.84. The molecule has 0 bridgehead atoms. The fourth-order valence-electron chi connectivity index (χ4n) is 4.34. The molecule has 1 amide bonds. The van der Waals surface area contributed by atoms with E-state index >= 15 is 0 Å². The van der Waals surface area contributed by atoms with Gasteiger partial charge in [0.2, 0.25) is 0 Å². The maximum absolute atomic E-state index is 13.5. The van der Waals surface area contributed by atoms with Gasteiger partial charge in [-0.15, -0.1) is 5.10 Å².